The minimum absolute atomic E-state index is 0.165. The quantitative estimate of drug-likeness (QED) is 0.838. The van der Waals surface area contributed by atoms with Crippen molar-refractivity contribution in [2.24, 2.45) is 5.73 Å². The first-order valence-corrected chi connectivity index (χ1v) is 7.37. The summed E-state index contributed by atoms with van der Waals surface area (Å²) < 4.78 is 0. The molecule has 2 rings (SSSR count). The summed E-state index contributed by atoms with van der Waals surface area (Å²) in [6.45, 7) is 6.12. The van der Waals surface area contributed by atoms with Crippen molar-refractivity contribution >= 4 is 23.1 Å². The molecule has 0 unspecified atom stereocenters. The molecule has 0 fully saturated rings. The first-order valence-electron chi connectivity index (χ1n) is 6.55. The van der Waals surface area contributed by atoms with E-state index in [1.807, 2.05) is 39.0 Å². The number of aryl methyl sites for hydroxylation is 3. The van der Waals surface area contributed by atoms with Gasteiger partial charge in [-0.25, -0.2) is 4.98 Å². The van der Waals surface area contributed by atoms with Crippen LogP contribution in [-0.2, 0) is 0 Å². The van der Waals surface area contributed by atoms with Crippen molar-refractivity contribution in [3.63, 3.8) is 0 Å². The predicted molar refractivity (Wildman–Crippen MR) is 86.7 cm³/mol. The third-order valence-electron chi connectivity index (χ3n) is 2.78. The van der Waals surface area contributed by atoms with Gasteiger partial charge in [-0.2, -0.15) is 0 Å². The average molecular weight is 299 g/mol. The van der Waals surface area contributed by atoms with Crippen molar-refractivity contribution in [3.8, 4) is 11.8 Å². The summed E-state index contributed by atoms with van der Waals surface area (Å²) in [6.07, 6.45) is 0. The summed E-state index contributed by atoms with van der Waals surface area (Å²) in [5.41, 5.74) is 8.29. The average Bonchev–Trinajstić information content (AvgIpc) is 2.76. The molecule has 0 radical (unpaired) electrons. The molecule has 0 aliphatic rings. The topological polar surface area (TPSA) is 68.0 Å². The molecular formula is C16H17N3OS. The van der Waals surface area contributed by atoms with Gasteiger partial charge in [0.15, 0.2) is 0 Å². The second-order valence-corrected chi connectivity index (χ2v) is 5.81. The van der Waals surface area contributed by atoms with Crippen LogP contribution in [0.5, 0.6) is 0 Å². The van der Waals surface area contributed by atoms with Crippen LogP contribution in [0.25, 0.3) is 0 Å². The Kier molecular flexibility index (Phi) is 4.73. The maximum atomic E-state index is 12.3. The van der Waals surface area contributed by atoms with Crippen LogP contribution < -0.4 is 11.1 Å². The van der Waals surface area contributed by atoms with Gasteiger partial charge in [0.25, 0.3) is 5.91 Å². The zero-order valence-electron chi connectivity index (χ0n) is 12.3. The van der Waals surface area contributed by atoms with Gasteiger partial charge < -0.3 is 11.1 Å². The van der Waals surface area contributed by atoms with Gasteiger partial charge in [-0.1, -0.05) is 11.8 Å². The molecule has 2 heterocycles. The minimum Gasteiger partial charge on any atom is -0.320 e. The first-order chi connectivity index (χ1) is 9.99. The first kappa shape index (κ1) is 15.2. The van der Waals surface area contributed by atoms with E-state index < -0.39 is 0 Å². The fourth-order valence-corrected chi connectivity index (χ4v) is 2.88. The van der Waals surface area contributed by atoms with E-state index in [0.29, 0.717) is 17.2 Å². The molecule has 3 N–H and O–H groups in total. The van der Waals surface area contributed by atoms with Crippen LogP contribution in [0.4, 0.5) is 5.82 Å². The number of carbonyl (C=O) groups is 1. The molecule has 0 aromatic carbocycles. The molecule has 108 valence electrons. The Hall–Kier alpha value is -2.16. The molecule has 0 saturated carbocycles. The summed E-state index contributed by atoms with van der Waals surface area (Å²) in [5.74, 6) is 6.19. The summed E-state index contributed by atoms with van der Waals surface area (Å²) in [6, 6.07) is 5.65. The largest absolute Gasteiger partial charge is 0.320 e. The Morgan fingerprint density at radius 1 is 1.33 bits per heavy atom. The van der Waals surface area contributed by atoms with Crippen molar-refractivity contribution in [1.82, 2.24) is 4.98 Å². The van der Waals surface area contributed by atoms with Crippen LogP contribution in [0, 0.1) is 32.6 Å². The van der Waals surface area contributed by atoms with Crippen LogP contribution in [0.2, 0.25) is 0 Å². The molecule has 5 heteroatoms. The zero-order chi connectivity index (χ0) is 15.4. The van der Waals surface area contributed by atoms with E-state index in [-0.39, 0.29) is 5.91 Å². The van der Waals surface area contributed by atoms with Gasteiger partial charge in [0.2, 0.25) is 0 Å². The molecule has 4 nitrogen and oxygen atoms in total. The fraction of sp³-hybridized carbons (Fsp3) is 0.250. The third-order valence-corrected chi connectivity index (χ3v) is 3.94. The molecule has 0 aliphatic carbocycles. The number of rotatable bonds is 2. The normalized spacial score (nSPS) is 9.90. The molecular weight excluding hydrogens is 282 g/mol. The highest BCUT2D eigenvalue weighted by Crippen LogP contribution is 2.22. The number of aromatic nitrogens is 1. The van der Waals surface area contributed by atoms with E-state index in [9.17, 15) is 4.79 Å². The number of thiophene rings is 1. The lowest BCUT2D eigenvalue weighted by Crippen LogP contribution is -2.11. The van der Waals surface area contributed by atoms with Gasteiger partial charge in [0, 0.05) is 5.69 Å². The highest BCUT2D eigenvalue weighted by atomic mass is 32.1. The Balaban J connectivity index is 2.20. The Labute approximate surface area is 128 Å². The molecule has 0 bridgehead atoms. The highest BCUT2D eigenvalue weighted by molar-refractivity contribution is 7.14. The number of hydrogen-bond acceptors (Lipinski definition) is 4. The van der Waals surface area contributed by atoms with Crippen molar-refractivity contribution in [2.75, 3.05) is 11.9 Å². The number of amides is 1. The second-order valence-electron chi connectivity index (χ2n) is 4.75. The predicted octanol–water partition coefficient (Wildman–Crippen LogP) is 2.63. The SMILES string of the molecule is Cc1cc(C)nc(NC(=O)c2cc(C)c(C#CCN)s2)c1. The van der Waals surface area contributed by atoms with Crippen LogP contribution >= 0.6 is 11.3 Å². The van der Waals surface area contributed by atoms with E-state index in [4.69, 9.17) is 5.73 Å². The lowest BCUT2D eigenvalue weighted by molar-refractivity contribution is 0.103. The van der Waals surface area contributed by atoms with Crippen molar-refractivity contribution < 1.29 is 4.79 Å². The minimum atomic E-state index is -0.165. The number of nitrogens with zero attached hydrogens (tertiary/aromatic N) is 1. The molecule has 2 aromatic heterocycles. The van der Waals surface area contributed by atoms with Crippen LogP contribution in [0.1, 0.15) is 31.4 Å². The monoisotopic (exact) mass is 299 g/mol. The number of pyridine rings is 1. The zero-order valence-corrected chi connectivity index (χ0v) is 13.1. The second kappa shape index (κ2) is 6.53. The van der Waals surface area contributed by atoms with E-state index in [1.54, 1.807) is 0 Å². The molecule has 0 atom stereocenters. The molecule has 1 amide bonds. The smallest absolute Gasteiger partial charge is 0.266 e. The van der Waals surface area contributed by atoms with E-state index >= 15 is 0 Å². The lowest BCUT2D eigenvalue weighted by atomic mass is 10.2. The van der Waals surface area contributed by atoms with Gasteiger partial charge in [-0.15, -0.1) is 11.3 Å². The highest BCUT2D eigenvalue weighted by Gasteiger charge is 2.12. The van der Waals surface area contributed by atoms with E-state index in [0.717, 1.165) is 21.7 Å². The van der Waals surface area contributed by atoms with Crippen LogP contribution in [0.15, 0.2) is 18.2 Å². The number of nitrogens with two attached hydrogens (primary N) is 1. The van der Waals surface area contributed by atoms with Gasteiger partial charge in [-0.05, 0) is 50.1 Å². The van der Waals surface area contributed by atoms with Gasteiger partial charge in [-0.3, -0.25) is 4.79 Å². The standard InChI is InChI=1S/C16H17N3OS/c1-10-7-12(3)18-15(8-10)19-16(20)14-9-11(2)13(21-14)5-4-6-17/h7-9H,6,17H2,1-3H3,(H,18,19,20). The van der Waals surface area contributed by atoms with Crippen molar-refractivity contribution in [3.05, 3.63) is 44.8 Å². The molecule has 21 heavy (non-hydrogen) atoms. The summed E-state index contributed by atoms with van der Waals surface area (Å²) in [7, 11) is 0. The summed E-state index contributed by atoms with van der Waals surface area (Å²) >= 11 is 1.37. The summed E-state index contributed by atoms with van der Waals surface area (Å²) in [5, 5.41) is 2.82. The Morgan fingerprint density at radius 2 is 2.10 bits per heavy atom. The third kappa shape index (κ3) is 3.91. The van der Waals surface area contributed by atoms with Gasteiger partial charge in [0.05, 0.1) is 16.3 Å². The van der Waals surface area contributed by atoms with Crippen LogP contribution in [-0.4, -0.2) is 17.4 Å². The maximum absolute atomic E-state index is 12.3. The molecule has 0 aliphatic heterocycles. The van der Waals surface area contributed by atoms with Gasteiger partial charge in [0.1, 0.15) is 5.82 Å². The Bertz CT molecular complexity index is 717. The molecule has 2 aromatic rings. The fourth-order valence-electron chi connectivity index (χ4n) is 1.93. The number of carbonyl (C=O) groups excluding carboxylic acids is 1. The number of nitrogens with one attached hydrogen (secondary N) is 1. The summed E-state index contributed by atoms with van der Waals surface area (Å²) in [4.78, 5) is 18.1. The number of hydrogen-bond donors (Lipinski definition) is 2. The lowest BCUT2D eigenvalue weighted by Gasteiger charge is -2.05. The number of anilines is 1. The Morgan fingerprint density at radius 3 is 2.76 bits per heavy atom. The van der Waals surface area contributed by atoms with Gasteiger partial charge >= 0.3 is 0 Å². The maximum Gasteiger partial charge on any atom is 0.266 e. The van der Waals surface area contributed by atoms with E-state index in [1.165, 1.54) is 11.3 Å². The van der Waals surface area contributed by atoms with Crippen LogP contribution in [0.3, 0.4) is 0 Å². The van der Waals surface area contributed by atoms with Crippen molar-refractivity contribution in [2.45, 2.75) is 20.8 Å². The van der Waals surface area contributed by atoms with Crippen molar-refractivity contribution in [1.29, 1.82) is 0 Å². The van der Waals surface area contributed by atoms with E-state index in [2.05, 4.69) is 22.1 Å². The molecule has 0 spiro atoms. The molecule has 0 saturated heterocycles.